The Morgan fingerprint density at radius 1 is 1.06 bits per heavy atom. The number of carbonyl (C=O) groups excluding carboxylic acids is 1. The molecule has 0 spiro atoms. The number of aromatic nitrogens is 1. The zero-order valence-electron chi connectivity index (χ0n) is 18.7. The van der Waals surface area contributed by atoms with Gasteiger partial charge in [0.15, 0.2) is 0 Å². The molecule has 6 heteroatoms. The lowest BCUT2D eigenvalue weighted by Crippen LogP contribution is -2.29. The van der Waals surface area contributed by atoms with Crippen LogP contribution >= 0.6 is 23.2 Å². The SMILES string of the molecule is C#CC(OC(=O)C(C(C)C)C(C)C=C(Cl)Cl)c1cc(Oc2ccccc2)c2ccccc2n1. The van der Waals surface area contributed by atoms with Crippen LogP contribution in [0.1, 0.15) is 32.6 Å². The van der Waals surface area contributed by atoms with Crippen LogP contribution in [-0.2, 0) is 9.53 Å². The number of halogens is 2. The molecule has 0 saturated carbocycles. The van der Waals surface area contributed by atoms with Gasteiger partial charge in [-0.05, 0) is 36.1 Å². The molecule has 0 aliphatic heterocycles. The Kier molecular flexibility index (Phi) is 8.38. The maximum Gasteiger partial charge on any atom is 0.311 e. The first kappa shape index (κ1) is 24.6. The lowest BCUT2D eigenvalue weighted by atomic mass is 9.84. The quantitative estimate of drug-likeness (QED) is 0.247. The van der Waals surface area contributed by atoms with E-state index in [2.05, 4.69) is 10.9 Å². The number of fused-ring (bicyclic) bond motifs is 1. The fourth-order valence-electron chi connectivity index (χ4n) is 3.77. The lowest BCUT2D eigenvalue weighted by molar-refractivity contribution is -0.155. The fourth-order valence-corrected chi connectivity index (χ4v) is 4.17. The molecule has 1 aromatic heterocycles. The first-order chi connectivity index (χ1) is 15.8. The van der Waals surface area contributed by atoms with Gasteiger partial charge in [0.1, 0.15) is 16.0 Å². The van der Waals surface area contributed by atoms with Gasteiger partial charge in [-0.1, -0.05) is 86.3 Å². The molecule has 0 bridgehead atoms. The third-order valence-electron chi connectivity index (χ3n) is 5.27. The monoisotopic (exact) mass is 481 g/mol. The number of hydrogen-bond donors (Lipinski definition) is 0. The number of ether oxygens (including phenoxy) is 2. The molecular weight excluding hydrogens is 457 g/mol. The molecule has 0 aliphatic rings. The van der Waals surface area contributed by atoms with E-state index in [1.165, 1.54) is 0 Å². The van der Waals surface area contributed by atoms with E-state index in [0.717, 1.165) is 5.39 Å². The van der Waals surface area contributed by atoms with Gasteiger partial charge in [0.25, 0.3) is 0 Å². The first-order valence-corrected chi connectivity index (χ1v) is 11.4. The summed E-state index contributed by atoms with van der Waals surface area (Å²) in [6.45, 7) is 5.73. The molecule has 0 aliphatic carbocycles. The zero-order valence-corrected chi connectivity index (χ0v) is 20.2. The second-order valence-electron chi connectivity index (χ2n) is 8.05. The summed E-state index contributed by atoms with van der Waals surface area (Å²) in [6.07, 6.45) is 6.41. The summed E-state index contributed by atoms with van der Waals surface area (Å²) in [5.74, 6) is 2.63. The van der Waals surface area contributed by atoms with E-state index in [1.807, 2.05) is 75.4 Å². The second kappa shape index (κ2) is 11.2. The van der Waals surface area contributed by atoms with Crippen LogP contribution in [0.2, 0.25) is 0 Å². The highest BCUT2D eigenvalue weighted by Gasteiger charge is 2.31. The molecule has 0 saturated heterocycles. The zero-order chi connectivity index (χ0) is 24.0. The van der Waals surface area contributed by atoms with Crippen molar-refractivity contribution in [2.75, 3.05) is 0 Å². The van der Waals surface area contributed by atoms with Gasteiger partial charge in [0, 0.05) is 11.5 Å². The van der Waals surface area contributed by atoms with Gasteiger partial charge in [-0.3, -0.25) is 4.79 Å². The van der Waals surface area contributed by atoms with Crippen molar-refractivity contribution in [1.82, 2.24) is 4.98 Å². The van der Waals surface area contributed by atoms with Crippen molar-refractivity contribution in [3.05, 3.63) is 76.9 Å². The van der Waals surface area contributed by atoms with Crippen molar-refractivity contribution < 1.29 is 14.3 Å². The molecule has 0 fully saturated rings. The molecule has 3 unspecified atom stereocenters. The molecule has 4 nitrogen and oxygen atoms in total. The van der Waals surface area contributed by atoms with Crippen LogP contribution in [0.5, 0.6) is 11.5 Å². The molecule has 33 heavy (non-hydrogen) atoms. The summed E-state index contributed by atoms with van der Waals surface area (Å²) in [4.78, 5) is 17.7. The van der Waals surface area contributed by atoms with Crippen molar-refractivity contribution in [3.63, 3.8) is 0 Å². The highest BCUT2D eigenvalue weighted by Crippen LogP contribution is 2.33. The van der Waals surface area contributed by atoms with Crippen LogP contribution in [0.3, 0.4) is 0 Å². The topological polar surface area (TPSA) is 48.4 Å². The minimum absolute atomic E-state index is 0.0172. The van der Waals surface area contributed by atoms with Gasteiger partial charge >= 0.3 is 5.97 Å². The predicted molar refractivity (Wildman–Crippen MR) is 133 cm³/mol. The van der Waals surface area contributed by atoms with E-state index in [9.17, 15) is 4.79 Å². The molecule has 0 radical (unpaired) electrons. The van der Waals surface area contributed by atoms with Crippen LogP contribution in [0.25, 0.3) is 10.9 Å². The molecule has 170 valence electrons. The highest BCUT2D eigenvalue weighted by atomic mass is 35.5. The summed E-state index contributed by atoms with van der Waals surface area (Å²) >= 11 is 11.6. The van der Waals surface area contributed by atoms with E-state index >= 15 is 0 Å². The van der Waals surface area contributed by atoms with Crippen molar-refractivity contribution in [2.45, 2.75) is 26.9 Å². The Balaban J connectivity index is 1.95. The molecule has 0 amide bonds. The van der Waals surface area contributed by atoms with Crippen LogP contribution in [0, 0.1) is 30.1 Å². The van der Waals surface area contributed by atoms with Crippen LogP contribution < -0.4 is 4.74 Å². The summed E-state index contributed by atoms with van der Waals surface area (Å²) in [5.41, 5.74) is 1.10. The molecule has 1 heterocycles. The van der Waals surface area contributed by atoms with E-state index in [4.69, 9.17) is 39.1 Å². The fraction of sp³-hybridized carbons (Fsp3) is 0.259. The number of allylic oxidation sites excluding steroid dienone is 1. The Bertz CT molecular complexity index is 1180. The summed E-state index contributed by atoms with van der Waals surface area (Å²) in [6, 6.07) is 18.7. The minimum Gasteiger partial charge on any atom is -0.457 e. The lowest BCUT2D eigenvalue weighted by Gasteiger charge is -2.25. The van der Waals surface area contributed by atoms with Gasteiger partial charge in [-0.15, -0.1) is 6.42 Å². The summed E-state index contributed by atoms with van der Waals surface area (Å²) in [5, 5.41) is 0.822. The number of nitrogens with zero attached hydrogens (tertiary/aromatic N) is 1. The number of para-hydroxylation sites is 2. The van der Waals surface area contributed by atoms with Gasteiger partial charge in [-0.2, -0.15) is 0 Å². The third kappa shape index (κ3) is 6.28. The number of hydrogen-bond acceptors (Lipinski definition) is 4. The van der Waals surface area contributed by atoms with Crippen molar-refractivity contribution in [2.24, 2.45) is 17.8 Å². The maximum atomic E-state index is 13.1. The van der Waals surface area contributed by atoms with Gasteiger partial charge < -0.3 is 9.47 Å². The van der Waals surface area contributed by atoms with E-state index in [1.54, 1.807) is 12.1 Å². The average molecular weight is 482 g/mol. The summed E-state index contributed by atoms with van der Waals surface area (Å²) < 4.78 is 12.0. The minimum atomic E-state index is -0.982. The van der Waals surface area contributed by atoms with Crippen molar-refractivity contribution in [1.29, 1.82) is 0 Å². The molecule has 0 N–H and O–H groups in total. The summed E-state index contributed by atoms with van der Waals surface area (Å²) in [7, 11) is 0. The van der Waals surface area contributed by atoms with Gasteiger partial charge in [-0.25, -0.2) is 4.98 Å². The van der Waals surface area contributed by atoms with Crippen molar-refractivity contribution in [3.8, 4) is 23.8 Å². The largest absolute Gasteiger partial charge is 0.457 e. The smallest absolute Gasteiger partial charge is 0.311 e. The Hall–Kier alpha value is -3.00. The van der Waals surface area contributed by atoms with E-state index < -0.39 is 18.0 Å². The Morgan fingerprint density at radius 3 is 2.36 bits per heavy atom. The van der Waals surface area contributed by atoms with E-state index in [-0.39, 0.29) is 16.3 Å². The molecule has 2 aromatic carbocycles. The van der Waals surface area contributed by atoms with Crippen LogP contribution in [0.15, 0.2) is 71.2 Å². The molecule has 3 aromatic rings. The standard InChI is InChI=1S/C27H25Cl2NO3/c1-5-23(33-27(31)26(17(2)3)18(4)15-25(28)29)22-16-24(32-19-11-7-6-8-12-19)20-13-9-10-14-21(20)30-22/h1,6-18,23,26H,2-4H3. The second-order valence-corrected chi connectivity index (χ2v) is 9.05. The van der Waals surface area contributed by atoms with Gasteiger partial charge in [0.2, 0.25) is 6.10 Å². The van der Waals surface area contributed by atoms with Crippen molar-refractivity contribution >= 4 is 40.1 Å². The number of rotatable bonds is 8. The average Bonchev–Trinajstić information content (AvgIpc) is 2.77. The maximum absolute atomic E-state index is 13.1. The number of esters is 1. The Morgan fingerprint density at radius 2 is 1.73 bits per heavy atom. The number of terminal acetylenes is 1. The Labute approximate surface area is 204 Å². The normalized spacial score (nSPS) is 13.6. The molecule has 3 rings (SSSR count). The van der Waals surface area contributed by atoms with Crippen LogP contribution in [-0.4, -0.2) is 11.0 Å². The molecular formula is C27H25Cl2NO3. The van der Waals surface area contributed by atoms with Gasteiger partial charge in [0.05, 0.1) is 17.1 Å². The number of benzene rings is 2. The van der Waals surface area contributed by atoms with E-state index in [0.29, 0.717) is 22.7 Å². The first-order valence-electron chi connectivity index (χ1n) is 10.6. The highest BCUT2D eigenvalue weighted by molar-refractivity contribution is 6.55. The third-order valence-corrected chi connectivity index (χ3v) is 5.52. The number of pyridine rings is 1. The molecule has 3 atom stereocenters. The predicted octanol–water partition coefficient (Wildman–Crippen LogP) is 7.47. The van der Waals surface area contributed by atoms with Crippen LogP contribution in [0.4, 0.5) is 0 Å². The number of carbonyl (C=O) groups is 1.